The topological polar surface area (TPSA) is 58.9 Å². The van der Waals surface area contributed by atoms with Gasteiger partial charge in [-0.05, 0) is 35.3 Å². The molecule has 0 aliphatic carbocycles. The second-order valence-corrected chi connectivity index (χ2v) is 4.30. The monoisotopic (exact) mass is 243 g/mol. The van der Waals surface area contributed by atoms with Crippen molar-refractivity contribution in [2.75, 3.05) is 0 Å². The molecule has 84 valence electrons. The molecule has 0 fully saturated rings. The highest BCUT2D eigenvalue weighted by molar-refractivity contribution is 7.03. The van der Waals surface area contributed by atoms with Gasteiger partial charge < -0.3 is 5.11 Å². The summed E-state index contributed by atoms with van der Waals surface area (Å²) in [5, 5.41) is 16.8. The first-order chi connectivity index (χ1) is 8.34. The molecular formula is C12H9N3OS. The summed E-state index contributed by atoms with van der Waals surface area (Å²) in [5.74, 6) is 0. The third kappa shape index (κ3) is 1.90. The van der Waals surface area contributed by atoms with E-state index in [1.165, 1.54) is 11.5 Å². The van der Waals surface area contributed by atoms with E-state index in [9.17, 15) is 5.11 Å². The van der Waals surface area contributed by atoms with Crippen molar-refractivity contribution >= 4 is 22.4 Å². The van der Waals surface area contributed by atoms with Gasteiger partial charge in [-0.1, -0.05) is 16.6 Å². The highest BCUT2D eigenvalue weighted by Crippen LogP contribution is 2.23. The van der Waals surface area contributed by atoms with Crippen molar-refractivity contribution < 1.29 is 5.11 Å². The molecule has 0 radical (unpaired) electrons. The van der Waals surface area contributed by atoms with Crippen LogP contribution in [0.25, 0.3) is 10.9 Å². The van der Waals surface area contributed by atoms with Gasteiger partial charge >= 0.3 is 0 Å². The maximum absolute atomic E-state index is 10.1. The molecule has 0 saturated heterocycles. The zero-order valence-electron chi connectivity index (χ0n) is 8.82. The molecule has 5 heteroatoms. The van der Waals surface area contributed by atoms with E-state index in [0.717, 1.165) is 16.5 Å². The summed E-state index contributed by atoms with van der Waals surface area (Å²) in [6.07, 6.45) is 1.03. The fraction of sp³-hybridized carbons (Fsp3) is 0.0833. The van der Waals surface area contributed by atoms with E-state index in [-0.39, 0.29) is 0 Å². The van der Waals surface area contributed by atoms with Gasteiger partial charge in [0, 0.05) is 17.0 Å². The minimum atomic E-state index is -0.724. The largest absolute Gasteiger partial charge is 0.382 e. The summed E-state index contributed by atoms with van der Waals surface area (Å²) in [7, 11) is 0. The van der Waals surface area contributed by atoms with Gasteiger partial charge in [-0.15, -0.1) is 5.10 Å². The fourth-order valence-corrected chi connectivity index (χ4v) is 2.20. The number of hydrogen-bond acceptors (Lipinski definition) is 5. The second kappa shape index (κ2) is 4.20. The Morgan fingerprint density at radius 1 is 1.24 bits per heavy atom. The van der Waals surface area contributed by atoms with Gasteiger partial charge in [0.05, 0.1) is 5.52 Å². The number of fused-ring (bicyclic) bond motifs is 1. The normalized spacial score (nSPS) is 12.8. The maximum atomic E-state index is 10.1. The van der Waals surface area contributed by atoms with E-state index >= 15 is 0 Å². The third-order valence-corrected chi connectivity index (χ3v) is 3.12. The van der Waals surface area contributed by atoms with Crippen LogP contribution in [0, 0.1) is 0 Å². The van der Waals surface area contributed by atoms with E-state index < -0.39 is 6.10 Å². The Kier molecular flexibility index (Phi) is 2.55. The minimum Gasteiger partial charge on any atom is -0.382 e. The summed E-state index contributed by atoms with van der Waals surface area (Å²) in [5.41, 5.74) is 2.30. The molecule has 1 aromatic carbocycles. The van der Waals surface area contributed by atoms with Gasteiger partial charge in [0.15, 0.2) is 0 Å². The number of hydrogen-bond donors (Lipinski definition) is 1. The molecule has 0 saturated carbocycles. The second-order valence-electron chi connectivity index (χ2n) is 3.69. The molecule has 2 heterocycles. The number of rotatable bonds is 2. The molecule has 0 bridgehead atoms. The highest BCUT2D eigenvalue weighted by Gasteiger charge is 2.13. The standard InChI is InChI=1S/C12H9N3OS/c16-12(11-7-17-15-14-11)9-3-4-10-8(6-9)2-1-5-13-10/h1-7,12,16H. The lowest BCUT2D eigenvalue weighted by Crippen LogP contribution is -2.00. The molecule has 0 spiro atoms. The van der Waals surface area contributed by atoms with Crippen molar-refractivity contribution in [2.24, 2.45) is 0 Å². The van der Waals surface area contributed by atoms with Crippen molar-refractivity contribution in [1.29, 1.82) is 0 Å². The Hall–Kier alpha value is -1.85. The number of aliphatic hydroxyl groups is 1. The van der Waals surface area contributed by atoms with Crippen LogP contribution < -0.4 is 0 Å². The number of pyridine rings is 1. The van der Waals surface area contributed by atoms with E-state index in [1.807, 2.05) is 30.3 Å². The molecule has 1 unspecified atom stereocenters. The number of benzene rings is 1. The molecule has 4 nitrogen and oxygen atoms in total. The third-order valence-electron chi connectivity index (χ3n) is 2.60. The maximum Gasteiger partial charge on any atom is 0.124 e. The van der Waals surface area contributed by atoms with Crippen LogP contribution >= 0.6 is 11.5 Å². The van der Waals surface area contributed by atoms with E-state index in [1.54, 1.807) is 11.6 Å². The summed E-state index contributed by atoms with van der Waals surface area (Å²) < 4.78 is 3.75. The van der Waals surface area contributed by atoms with E-state index in [2.05, 4.69) is 14.6 Å². The Morgan fingerprint density at radius 2 is 2.18 bits per heavy atom. The van der Waals surface area contributed by atoms with Crippen molar-refractivity contribution in [3.63, 3.8) is 0 Å². The molecule has 0 aliphatic rings. The summed E-state index contributed by atoms with van der Waals surface area (Å²) in [6, 6.07) is 9.53. The first-order valence-electron chi connectivity index (χ1n) is 5.14. The number of aromatic nitrogens is 3. The van der Waals surface area contributed by atoms with Gasteiger partial charge in [-0.2, -0.15) is 0 Å². The van der Waals surface area contributed by atoms with Crippen molar-refractivity contribution in [2.45, 2.75) is 6.10 Å². The van der Waals surface area contributed by atoms with Crippen molar-refractivity contribution in [1.82, 2.24) is 14.6 Å². The fourth-order valence-electron chi connectivity index (χ4n) is 1.73. The molecule has 17 heavy (non-hydrogen) atoms. The van der Waals surface area contributed by atoms with Crippen LogP contribution in [-0.4, -0.2) is 19.7 Å². The summed E-state index contributed by atoms with van der Waals surface area (Å²) >= 11 is 1.23. The van der Waals surface area contributed by atoms with Gasteiger partial charge in [0.2, 0.25) is 0 Å². The van der Waals surface area contributed by atoms with Gasteiger partial charge in [-0.3, -0.25) is 4.98 Å². The van der Waals surface area contributed by atoms with Gasteiger partial charge in [-0.25, -0.2) is 0 Å². The first-order valence-corrected chi connectivity index (χ1v) is 5.98. The highest BCUT2D eigenvalue weighted by atomic mass is 32.1. The predicted molar refractivity (Wildman–Crippen MR) is 65.7 cm³/mol. The predicted octanol–water partition coefficient (Wildman–Crippen LogP) is 2.17. The van der Waals surface area contributed by atoms with Crippen molar-refractivity contribution in [3.8, 4) is 0 Å². The molecule has 0 aliphatic heterocycles. The summed E-state index contributed by atoms with van der Waals surface area (Å²) in [4.78, 5) is 4.24. The van der Waals surface area contributed by atoms with E-state index in [0.29, 0.717) is 5.69 Å². The lowest BCUT2D eigenvalue weighted by Gasteiger charge is -2.08. The van der Waals surface area contributed by atoms with Crippen LogP contribution in [0.15, 0.2) is 41.9 Å². The first kappa shape index (κ1) is 10.3. The molecule has 3 rings (SSSR count). The lowest BCUT2D eigenvalue weighted by atomic mass is 10.0. The Balaban J connectivity index is 2.06. The molecule has 0 amide bonds. The van der Waals surface area contributed by atoms with Crippen LogP contribution in [-0.2, 0) is 0 Å². The van der Waals surface area contributed by atoms with Crippen LogP contribution in [0.2, 0.25) is 0 Å². The minimum absolute atomic E-state index is 0.582. The lowest BCUT2D eigenvalue weighted by molar-refractivity contribution is 0.215. The zero-order chi connectivity index (χ0) is 11.7. The Morgan fingerprint density at radius 3 is 3.00 bits per heavy atom. The molecule has 1 N–H and O–H groups in total. The molecule has 2 aromatic heterocycles. The average Bonchev–Trinajstić information content (AvgIpc) is 2.91. The number of aliphatic hydroxyl groups excluding tert-OH is 1. The van der Waals surface area contributed by atoms with Crippen molar-refractivity contribution in [3.05, 3.63) is 53.2 Å². The van der Waals surface area contributed by atoms with Gasteiger partial charge in [0.1, 0.15) is 11.8 Å². The zero-order valence-corrected chi connectivity index (χ0v) is 9.63. The molecule has 1 atom stereocenters. The van der Waals surface area contributed by atoms with Crippen LogP contribution in [0.4, 0.5) is 0 Å². The molecule has 3 aromatic rings. The van der Waals surface area contributed by atoms with E-state index in [4.69, 9.17) is 0 Å². The van der Waals surface area contributed by atoms with Gasteiger partial charge in [0.25, 0.3) is 0 Å². The Bertz CT molecular complexity index is 639. The van der Waals surface area contributed by atoms with Crippen LogP contribution in [0.5, 0.6) is 0 Å². The molecular weight excluding hydrogens is 234 g/mol. The average molecular weight is 243 g/mol. The smallest absolute Gasteiger partial charge is 0.124 e. The number of nitrogens with zero attached hydrogens (tertiary/aromatic N) is 3. The SMILES string of the molecule is OC(c1ccc2ncccc2c1)c1csnn1. The van der Waals surface area contributed by atoms with Crippen LogP contribution in [0.3, 0.4) is 0 Å². The Labute approximate surface area is 102 Å². The summed E-state index contributed by atoms with van der Waals surface area (Å²) in [6.45, 7) is 0. The quantitative estimate of drug-likeness (QED) is 0.749. The van der Waals surface area contributed by atoms with Crippen LogP contribution in [0.1, 0.15) is 17.4 Å².